The van der Waals surface area contributed by atoms with E-state index in [0.717, 1.165) is 12.1 Å². The van der Waals surface area contributed by atoms with Crippen LogP contribution in [0.15, 0.2) is 18.2 Å². The molecule has 1 aromatic carbocycles. The molecular weight excluding hydrogens is 194 g/mol. The van der Waals surface area contributed by atoms with Crippen LogP contribution in [0.2, 0.25) is 0 Å². The van der Waals surface area contributed by atoms with Crippen LogP contribution in [0.4, 0.5) is 0 Å². The number of ether oxygens (including phenoxy) is 1. The molecule has 1 unspecified atom stereocenters. The van der Waals surface area contributed by atoms with Gasteiger partial charge in [0.2, 0.25) is 0 Å². The number of hydrogen-bond acceptors (Lipinski definition) is 3. The standard InChI is InChI=1S/C11H12NO3/c1-7-2-3-8(11(13)14)9(6-7)10-12-4-5-15-10/h2-3,6,10,12H,1,4-5H2,(H,13,14). The normalized spacial score (nSPS) is 20.5. The predicted molar refractivity (Wildman–Crippen MR) is 54.6 cm³/mol. The number of nitrogens with one attached hydrogen (secondary N) is 1. The molecule has 4 heteroatoms. The summed E-state index contributed by atoms with van der Waals surface area (Å²) in [6.45, 7) is 5.12. The number of hydrogen-bond donors (Lipinski definition) is 2. The Labute approximate surface area is 87.9 Å². The van der Waals surface area contributed by atoms with Crippen LogP contribution in [0.1, 0.15) is 27.7 Å². The average molecular weight is 206 g/mol. The maximum Gasteiger partial charge on any atom is 0.336 e. The second kappa shape index (κ2) is 4.00. The van der Waals surface area contributed by atoms with E-state index in [2.05, 4.69) is 12.2 Å². The van der Waals surface area contributed by atoms with Gasteiger partial charge in [-0.2, -0.15) is 0 Å². The zero-order valence-corrected chi connectivity index (χ0v) is 8.19. The van der Waals surface area contributed by atoms with E-state index in [9.17, 15) is 4.79 Å². The Kier molecular flexibility index (Phi) is 2.70. The molecule has 0 amide bonds. The molecule has 0 spiro atoms. The van der Waals surface area contributed by atoms with Crippen molar-refractivity contribution in [2.75, 3.05) is 13.2 Å². The van der Waals surface area contributed by atoms with Crippen molar-refractivity contribution in [1.82, 2.24) is 5.32 Å². The van der Waals surface area contributed by atoms with E-state index in [1.54, 1.807) is 18.2 Å². The first kappa shape index (κ1) is 10.1. The highest BCUT2D eigenvalue weighted by Gasteiger charge is 2.22. The number of benzene rings is 1. The maximum atomic E-state index is 11.0. The van der Waals surface area contributed by atoms with Crippen LogP contribution in [0, 0.1) is 6.92 Å². The van der Waals surface area contributed by atoms with Gasteiger partial charge in [-0.25, -0.2) is 4.79 Å². The maximum absolute atomic E-state index is 11.0. The van der Waals surface area contributed by atoms with Gasteiger partial charge in [-0.15, -0.1) is 0 Å². The lowest BCUT2D eigenvalue weighted by molar-refractivity contribution is 0.0677. The van der Waals surface area contributed by atoms with Gasteiger partial charge < -0.3 is 9.84 Å². The van der Waals surface area contributed by atoms with Gasteiger partial charge in [-0.1, -0.05) is 12.1 Å². The second-order valence-corrected chi connectivity index (χ2v) is 3.43. The van der Waals surface area contributed by atoms with Gasteiger partial charge >= 0.3 is 5.97 Å². The minimum atomic E-state index is -0.942. The Morgan fingerprint density at radius 1 is 1.60 bits per heavy atom. The fourth-order valence-corrected chi connectivity index (χ4v) is 1.65. The molecule has 1 aliphatic heterocycles. The Morgan fingerprint density at radius 2 is 2.40 bits per heavy atom. The largest absolute Gasteiger partial charge is 0.478 e. The smallest absolute Gasteiger partial charge is 0.336 e. The van der Waals surface area contributed by atoms with Gasteiger partial charge in [0.05, 0.1) is 12.2 Å². The molecule has 0 saturated carbocycles. The lowest BCUT2D eigenvalue weighted by Crippen LogP contribution is -2.17. The molecule has 4 nitrogen and oxygen atoms in total. The molecule has 1 radical (unpaired) electrons. The highest BCUT2D eigenvalue weighted by Crippen LogP contribution is 2.23. The van der Waals surface area contributed by atoms with E-state index in [1.807, 2.05) is 0 Å². The summed E-state index contributed by atoms with van der Waals surface area (Å²) in [4.78, 5) is 11.0. The van der Waals surface area contributed by atoms with Crippen LogP contribution >= 0.6 is 0 Å². The van der Waals surface area contributed by atoms with Crippen LogP contribution in [0.25, 0.3) is 0 Å². The quantitative estimate of drug-likeness (QED) is 0.763. The molecule has 0 aliphatic carbocycles. The molecule has 1 heterocycles. The molecule has 2 N–H and O–H groups in total. The average Bonchev–Trinajstić information content (AvgIpc) is 2.69. The lowest BCUT2D eigenvalue weighted by atomic mass is 10.0. The first-order valence-electron chi connectivity index (χ1n) is 4.72. The van der Waals surface area contributed by atoms with Crippen LogP contribution < -0.4 is 5.32 Å². The van der Waals surface area contributed by atoms with Gasteiger partial charge in [0.25, 0.3) is 0 Å². The Balaban J connectivity index is 2.41. The van der Waals surface area contributed by atoms with Crippen molar-refractivity contribution in [1.29, 1.82) is 0 Å². The van der Waals surface area contributed by atoms with Crippen molar-refractivity contribution in [2.45, 2.75) is 6.23 Å². The molecular formula is C11H12NO3. The van der Waals surface area contributed by atoms with Crippen molar-refractivity contribution >= 4 is 5.97 Å². The molecule has 0 bridgehead atoms. The summed E-state index contributed by atoms with van der Waals surface area (Å²) >= 11 is 0. The summed E-state index contributed by atoms with van der Waals surface area (Å²) in [5.74, 6) is -0.942. The highest BCUT2D eigenvalue weighted by atomic mass is 16.5. The summed E-state index contributed by atoms with van der Waals surface area (Å²) in [5, 5.41) is 12.1. The predicted octanol–water partition coefficient (Wildman–Crippen LogP) is 1.19. The Morgan fingerprint density at radius 3 is 3.00 bits per heavy atom. The molecule has 1 fully saturated rings. The molecule has 15 heavy (non-hydrogen) atoms. The molecule has 0 aromatic heterocycles. The van der Waals surface area contributed by atoms with Crippen molar-refractivity contribution < 1.29 is 14.6 Å². The summed E-state index contributed by atoms with van der Waals surface area (Å²) in [6, 6.07) is 4.98. The van der Waals surface area contributed by atoms with E-state index in [0.29, 0.717) is 12.2 Å². The van der Waals surface area contributed by atoms with E-state index in [1.165, 1.54) is 0 Å². The number of aromatic carboxylic acids is 1. The van der Waals surface area contributed by atoms with Crippen molar-refractivity contribution in [2.24, 2.45) is 0 Å². The molecule has 1 atom stereocenters. The summed E-state index contributed by atoms with van der Waals surface area (Å²) < 4.78 is 5.38. The van der Waals surface area contributed by atoms with E-state index < -0.39 is 5.97 Å². The first-order chi connectivity index (χ1) is 7.18. The van der Waals surface area contributed by atoms with Gasteiger partial charge in [0, 0.05) is 12.1 Å². The summed E-state index contributed by atoms with van der Waals surface area (Å²) in [6.07, 6.45) is -0.321. The van der Waals surface area contributed by atoms with Crippen LogP contribution in [-0.4, -0.2) is 24.2 Å². The molecule has 1 saturated heterocycles. The molecule has 1 aromatic rings. The third kappa shape index (κ3) is 2.00. The monoisotopic (exact) mass is 206 g/mol. The van der Waals surface area contributed by atoms with Crippen LogP contribution in [-0.2, 0) is 4.74 Å². The molecule has 79 valence electrons. The third-order valence-corrected chi connectivity index (χ3v) is 2.35. The fraction of sp³-hybridized carbons (Fsp3) is 0.273. The second-order valence-electron chi connectivity index (χ2n) is 3.43. The summed E-state index contributed by atoms with van der Waals surface area (Å²) in [7, 11) is 0. The zero-order valence-electron chi connectivity index (χ0n) is 8.19. The number of rotatable bonds is 2. The van der Waals surface area contributed by atoms with Crippen LogP contribution in [0.3, 0.4) is 0 Å². The molecule has 1 aliphatic rings. The van der Waals surface area contributed by atoms with E-state index in [-0.39, 0.29) is 11.8 Å². The Hall–Kier alpha value is -1.39. The number of carboxylic acid groups (broad SMARTS) is 1. The van der Waals surface area contributed by atoms with Crippen molar-refractivity contribution in [3.8, 4) is 0 Å². The number of carbonyl (C=O) groups is 1. The first-order valence-corrected chi connectivity index (χ1v) is 4.72. The van der Waals surface area contributed by atoms with Gasteiger partial charge in [-0.3, -0.25) is 5.32 Å². The minimum absolute atomic E-state index is 0.266. The minimum Gasteiger partial charge on any atom is -0.478 e. The van der Waals surface area contributed by atoms with Gasteiger partial charge in [0.1, 0.15) is 6.23 Å². The van der Waals surface area contributed by atoms with E-state index in [4.69, 9.17) is 9.84 Å². The highest BCUT2D eigenvalue weighted by molar-refractivity contribution is 5.89. The molecule has 2 rings (SSSR count). The Bertz CT molecular complexity index is 383. The van der Waals surface area contributed by atoms with Gasteiger partial charge in [-0.05, 0) is 18.6 Å². The lowest BCUT2D eigenvalue weighted by Gasteiger charge is -2.13. The van der Waals surface area contributed by atoms with Crippen LogP contribution in [0.5, 0.6) is 0 Å². The SMILES string of the molecule is [CH2]c1ccc(C(=O)O)c(C2NCCO2)c1. The topological polar surface area (TPSA) is 58.6 Å². The fourth-order valence-electron chi connectivity index (χ4n) is 1.65. The van der Waals surface area contributed by atoms with Crippen molar-refractivity contribution in [3.63, 3.8) is 0 Å². The zero-order chi connectivity index (χ0) is 10.8. The van der Waals surface area contributed by atoms with Crippen molar-refractivity contribution in [3.05, 3.63) is 41.8 Å². The van der Waals surface area contributed by atoms with Gasteiger partial charge in [0.15, 0.2) is 0 Å². The summed E-state index contributed by atoms with van der Waals surface area (Å²) in [5.41, 5.74) is 1.70. The van der Waals surface area contributed by atoms with E-state index >= 15 is 0 Å². The number of carboxylic acids is 1. The third-order valence-electron chi connectivity index (χ3n) is 2.35.